The van der Waals surface area contributed by atoms with E-state index in [9.17, 15) is 34.6 Å². The monoisotopic (exact) mass is 625 g/mol. The topological polar surface area (TPSA) is 202 Å². The van der Waals surface area contributed by atoms with Gasteiger partial charge in [-0.1, -0.05) is 0 Å². The number of nitrogens with zero attached hydrogens (tertiary/aromatic N) is 3. The maximum atomic E-state index is 12.7. The Bertz CT molecular complexity index is 1680. The number of nitro benzene ring substituents is 2. The molecule has 15 nitrogen and oxygen atoms in total. The highest BCUT2D eigenvalue weighted by molar-refractivity contribution is 7.17. The van der Waals surface area contributed by atoms with Gasteiger partial charge in [0.05, 0.1) is 40.9 Å². The second-order valence-electron chi connectivity index (χ2n) is 9.36. The number of carbonyl (C=O) groups excluding carboxylic acids is 3. The summed E-state index contributed by atoms with van der Waals surface area (Å²) in [6.45, 7) is 3.41. The number of non-ortho nitro benzene ring substituents is 1. The van der Waals surface area contributed by atoms with Crippen LogP contribution in [0.5, 0.6) is 17.2 Å². The number of amides is 2. The first kappa shape index (κ1) is 31.6. The summed E-state index contributed by atoms with van der Waals surface area (Å²) in [6, 6.07) is 7.42. The molecule has 0 radical (unpaired) electrons. The van der Waals surface area contributed by atoms with Gasteiger partial charge >= 0.3 is 23.5 Å². The highest BCUT2D eigenvalue weighted by atomic mass is 32.1. The first-order valence-corrected chi connectivity index (χ1v) is 14.1. The summed E-state index contributed by atoms with van der Waals surface area (Å²) < 4.78 is 16.1. The molecule has 0 bridgehead atoms. The van der Waals surface area contributed by atoms with Gasteiger partial charge in [0.25, 0.3) is 5.69 Å². The summed E-state index contributed by atoms with van der Waals surface area (Å²) in [6.07, 6.45) is 3.33. The van der Waals surface area contributed by atoms with E-state index < -0.39 is 39.0 Å². The van der Waals surface area contributed by atoms with Crippen molar-refractivity contribution in [1.82, 2.24) is 5.43 Å². The fourth-order valence-electron chi connectivity index (χ4n) is 4.43. The number of anilines is 1. The van der Waals surface area contributed by atoms with Gasteiger partial charge < -0.3 is 19.5 Å². The van der Waals surface area contributed by atoms with Crippen LogP contribution in [0.1, 0.15) is 53.1 Å². The van der Waals surface area contributed by atoms with Gasteiger partial charge in [-0.05, 0) is 69.4 Å². The molecule has 0 atom stereocenters. The predicted octanol–water partition coefficient (Wildman–Crippen LogP) is 4.90. The number of aryl methyl sites for hydroxylation is 1. The second-order valence-corrected chi connectivity index (χ2v) is 10.5. The third-order valence-electron chi connectivity index (χ3n) is 6.56. The van der Waals surface area contributed by atoms with Gasteiger partial charge in [0.15, 0.2) is 11.5 Å². The summed E-state index contributed by atoms with van der Waals surface area (Å²) in [4.78, 5) is 59.8. The van der Waals surface area contributed by atoms with E-state index in [-0.39, 0.29) is 40.1 Å². The number of hydrazone groups is 1. The highest BCUT2D eigenvalue weighted by Gasteiger charge is 2.28. The number of methoxy groups -OCH3 is 1. The Morgan fingerprint density at radius 3 is 2.39 bits per heavy atom. The molecule has 0 spiro atoms. The number of ether oxygens (including phenoxy) is 3. The van der Waals surface area contributed by atoms with Crippen molar-refractivity contribution < 1.29 is 38.4 Å². The normalized spacial score (nSPS) is 12.5. The molecular weight excluding hydrogens is 598 g/mol. The van der Waals surface area contributed by atoms with Crippen LogP contribution < -0.4 is 20.2 Å². The van der Waals surface area contributed by atoms with Gasteiger partial charge in [0.1, 0.15) is 5.00 Å². The van der Waals surface area contributed by atoms with E-state index in [1.165, 1.54) is 36.6 Å². The maximum Gasteiger partial charge on any atom is 0.341 e. The zero-order chi connectivity index (χ0) is 32.0. The molecule has 0 fully saturated rings. The SMILES string of the molecule is CCOC(=O)c1c(NC(=O)C(=O)NN=C(C)c2ccc(Oc3ccc([N+](=O)[O-])cc3[N+](=O)[O-])c(OC)c2)sc2c1CCCC2. The van der Waals surface area contributed by atoms with Crippen molar-refractivity contribution in [1.29, 1.82) is 0 Å². The molecule has 1 heterocycles. The number of nitrogens with one attached hydrogen (secondary N) is 2. The van der Waals surface area contributed by atoms with Crippen LogP contribution >= 0.6 is 11.3 Å². The number of esters is 1. The third kappa shape index (κ3) is 6.97. The van der Waals surface area contributed by atoms with Gasteiger partial charge in [0, 0.05) is 16.5 Å². The minimum atomic E-state index is -1.07. The number of rotatable bonds is 10. The van der Waals surface area contributed by atoms with Crippen molar-refractivity contribution in [3.05, 3.63) is 78.2 Å². The molecule has 0 saturated carbocycles. The highest BCUT2D eigenvalue weighted by Crippen LogP contribution is 2.40. The molecule has 0 aliphatic heterocycles. The molecule has 4 rings (SSSR count). The van der Waals surface area contributed by atoms with E-state index in [2.05, 4.69) is 15.8 Å². The van der Waals surface area contributed by atoms with Gasteiger partial charge in [-0.15, -0.1) is 11.3 Å². The second kappa shape index (κ2) is 13.7. The third-order valence-corrected chi connectivity index (χ3v) is 7.77. The molecule has 2 amide bonds. The van der Waals surface area contributed by atoms with Crippen LogP contribution in [0.15, 0.2) is 41.5 Å². The van der Waals surface area contributed by atoms with Gasteiger partial charge in [-0.25, -0.2) is 10.2 Å². The summed E-state index contributed by atoms with van der Waals surface area (Å²) in [5.41, 5.74) is 2.95. The minimum Gasteiger partial charge on any atom is -0.493 e. The number of hydrogen-bond donors (Lipinski definition) is 2. The lowest BCUT2D eigenvalue weighted by Crippen LogP contribution is -2.33. The zero-order valence-electron chi connectivity index (χ0n) is 23.8. The molecule has 2 aromatic carbocycles. The summed E-state index contributed by atoms with van der Waals surface area (Å²) in [5.74, 6) is -2.67. The van der Waals surface area contributed by atoms with Crippen molar-refractivity contribution in [3.8, 4) is 17.2 Å². The van der Waals surface area contributed by atoms with Gasteiger partial charge in [0.2, 0.25) is 5.75 Å². The summed E-state index contributed by atoms with van der Waals surface area (Å²) in [7, 11) is 1.34. The molecule has 1 aliphatic rings. The van der Waals surface area contributed by atoms with Crippen LogP contribution in [0.25, 0.3) is 0 Å². The van der Waals surface area contributed by atoms with E-state index in [0.29, 0.717) is 12.0 Å². The van der Waals surface area contributed by atoms with Crippen LogP contribution in [0, 0.1) is 20.2 Å². The van der Waals surface area contributed by atoms with Crippen molar-refractivity contribution in [3.63, 3.8) is 0 Å². The number of benzene rings is 2. The summed E-state index contributed by atoms with van der Waals surface area (Å²) in [5, 5.41) is 29.2. The van der Waals surface area contributed by atoms with Crippen LogP contribution in [0.3, 0.4) is 0 Å². The maximum absolute atomic E-state index is 12.7. The van der Waals surface area contributed by atoms with Gasteiger partial charge in [-0.3, -0.25) is 29.8 Å². The molecule has 0 saturated heterocycles. The van der Waals surface area contributed by atoms with Crippen LogP contribution in [-0.4, -0.2) is 47.1 Å². The van der Waals surface area contributed by atoms with E-state index in [1.54, 1.807) is 13.8 Å². The lowest BCUT2D eigenvalue weighted by Gasteiger charge is -2.12. The average Bonchev–Trinajstić information content (AvgIpc) is 3.37. The Balaban J connectivity index is 1.48. The van der Waals surface area contributed by atoms with Crippen molar-refractivity contribution >= 4 is 51.2 Å². The fourth-order valence-corrected chi connectivity index (χ4v) is 5.70. The van der Waals surface area contributed by atoms with E-state index in [4.69, 9.17) is 14.2 Å². The summed E-state index contributed by atoms with van der Waals surface area (Å²) >= 11 is 1.25. The predicted molar refractivity (Wildman–Crippen MR) is 159 cm³/mol. The van der Waals surface area contributed by atoms with Crippen molar-refractivity contribution in [2.75, 3.05) is 19.0 Å². The molecule has 1 aromatic heterocycles. The number of thiophene rings is 1. The molecule has 230 valence electrons. The van der Waals surface area contributed by atoms with Crippen LogP contribution in [0.4, 0.5) is 16.4 Å². The average molecular weight is 626 g/mol. The first-order valence-electron chi connectivity index (χ1n) is 13.3. The molecule has 44 heavy (non-hydrogen) atoms. The lowest BCUT2D eigenvalue weighted by molar-refractivity contribution is -0.394. The van der Waals surface area contributed by atoms with Gasteiger partial charge in [-0.2, -0.15) is 5.10 Å². The quantitative estimate of drug-likeness (QED) is 0.103. The number of fused-ring (bicyclic) bond motifs is 1. The first-order chi connectivity index (χ1) is 21.0. The molecule has 2 N–H and O–H groups in total. The zero-order valence-corrected chi connectivity index (χ0v) is 24.6. The number of nitro groups is 2. The van der Waals surface area contributed by atoms with E-state index in [0.717, 1.165) is 47.9 Å². The minimum absolute atomic E-state index is 0.0699. The van der Waals surface area contributed by atoms with Crippen molar-refractivity contribution in [2.24, 2.45) is 5.10 Å². The Hall–Kier alpha value is -5.38. The lowest BCUT2D eigenvalue weighted by atomic mass is 9.95. The molecule has 0 unspecified atom stereocenters. The van der Waals surface area contributed by atoms with E-state index in [1.807, 2.05) is 0 Å². The van der Waals surface area contributed by atoms with Crippen LogP contribution in [0.2, 0.25) is 0 Å². The largest absolute Gasteiger partial charge is 0.493 e. The molecule has 3 aromatic rings. The fraction of sp³-hybridized carbons (Fsp3) is 0.286. The Morgan fingerprint density at radius 1 is 0.977 bits per heavy atom. The van der Waals surface area contributed by atoms with Crippen molar-refractivity contribution in [2.45, 2.75) is 39.5 Å². The number of hydrogen-bond acceptors (Lipinski definition) is 12. The molecule has 1 aliphatic carbocycles. The Labute approximate surface area is 254 Å². The van der Waals surface area contributed by atoms with E-state index >= 15 is 0 Å². The Kier molecular flexibility index (Phi) is 9.85. The standard InChI is InChI=1S/C28H27N5O10S/c1-4-42-28(36)24-18-7-5-6-8-23(18)44-27(24)29-25(34)26(35)31-30-15(2)16-9-11-21(22(13-16)41-3)43-20-12-10-17(32(37)38)14-19(20)33(39)40/h9-14H,4-8H2,1-3H3,(H,29,34)(H,31,35). The molecular formula is C28H27N5O10S. The molecule has 16 heteroatoms. The smallest absolute Gasteiger partial charge is 0.341 e. The Morgan fingerprint density at radius 2 is 1.70 bits per heavy atom. The van der Waals surface area contributed by atoms with Crippen LogP contribution in [-0.2, 0) is 27.2 Å². The number of carbonyl (C=O) groups is 3.